The Bertz CT molecular complexity index is 1370. The summed E-state index contributed by atoms with van der Waals surface area (Å²) in [5.74, 6) is -0.935. The molecule has 208 valence electrons. The maximum atomic E-state index is 13.9. The van der Waals surface area contributed by atoms with Gasteiger partial charge in [0.15, 0.2) is 0 Å². The zero-order chi connectivity index (χ0) is 28.6. The number of anilines is 1. The predicted octanol–water partition coefficient (Wildman–Crippen LogP) is 4.36. The van der Waals surface area contributed by atoms with E-state index in [1.54, 1.807) is 61.5 Å². The van der Waals surface area contributed by atoms with Crippen LogP contribution in [0.5, 0.6) is 5.75 Å². The summed E-state index contributed by atoms with van der Waals surface area (Å²) >= 11 is 0. The van der Waals surface area contributed by atoms with Gasteiger partial charge < -0.3 is 15.0 Å². The van der Waals surface area contributed by atoms with Gasteiger partial charge in [0.05, 0.1) is 17.7 Å². The van der Waals surface area contributed by atoms with Crippen molar-refractivity contribution in [1.29, 1.82) is 0 Å². The van der Waals surface area contributed by atoms with E-state index >= 15 is 0 Å². The van der Waals surface area contributed by atoms with E-state index < -0.39 is 34.3 Å². The number of amides is 2. The van der Waals surface area contributed by atoms with E-state index in [9.17, 15) is 22.4 Å². The lowest BCUT2D eigenvalue weighted by Crippen LogP contribution is -2.52. The topological polar surface area (TPSA) is 96.0 Å². The molecule has 0 aromatic heterocycles. The molecule has 0 aliphatic rings. The third kappa shape index (κ3) is 7.57. The minimum Gasteiger partial charge on any atom is -0.497 e. The molecule has 10 heteroatoms. The first kappa shape index (κ1) is 29.6. The third-order valence-corrected chi connectivity index (χ3v) is 8.17. The maximum Gasteiger partial charge on any atom is 0.264 e. The zero-order valence-corrected chi connectivity index (χ0v) is 23.3. The molecular formula is C29H34FN3O5S. The van der Waals surface area contributed by atoms with Gasteiger partial charge in [0, 0.05) is 12.6 Å². The van der Waals surface area contributed by atoms with Crippen molar-refractivity contribution in [3.8, 4) is 5.75 Å². The van der Waals surface area contributed by atoms with Gasteiger partial charge in [0.1, 0.15) is 24.2 Å². The lowest BCUT2D eigenvalue weighted by Gasteiger charge is -2.32. The number of carbonyl (C=O) groups is 2. The summed E-state index contributed by atoms with van der Waals surface area (Å²) in [6.07, 6.45) is 0.708. The van der Waals surface area contributed by atoms with Crippen LogP contribution in [-0.2, 0) is 26.2 Å². The molecule has 8 nitrogen and oxygen atoms in total. The van der Waals surface area contributed by atoms with E-state index in [4.69, 9.17) is 4.74 Å². The molecule has 1 N–H and O–H groups in total. The second-order valence-electron chi connectivity index (χ2n) is 9.17. The highest BCUT2D eigenvalue weighted by Crippen LogP contribution is 2.25. The molecule has 0 saturated heterocycles. The number of benzene rings is 3. The first-order valence-corrected chi connectivity index (χ1v) is 14.1. The maximum absolute atomic E-state index is 13.9. The van der Waals surface area contributed by atoms with E-state index in [1.165, 1.54) is 12.0 Å². The molecule has 0 bridgehead atoms. The Balaban J connectivity index is 2.00. The molecule has 0 heterocycles. The van der Waals surface area contributed by atoms with Gasteiger partial charge >= 0.3 is 0 Å². The molecule has 0 saturated carbocycles. The number of para-hydroxylation sites is 1. The molecule has 2 amide bonds. The number of nitrogens with one attached hydrogen (secondary N) is 1. The number of carbonyl (C=O) groups excluding carboxylic acids is 2. The van der Waals surface area contributed by atoms with E-state index in [-0.39, 0.29) is 29.1 Å². The quantitative estimate of drug-likeness (QED) is 0.358. The van der Waals surface area contributed by atoms with Crippen molar-refractivity contribution in [3.05, 3.63) is 90.2 Å². The van der Waals surface area contributed by atoms with E-state index in [0.717, 1.165) is 28.6 Å². The van der Waals surface area contributed by atoms with Crippen molar-refractivity contribution >= 4 is 27.5 Å². The Morgan fingerprint density at radius 3 is 2.26 bits per heavy atom. The molecule has 2 atom stereocenters. The van der Waals surface area contributed by atoms with E-state index in [1.807, 2.05) is 13.8 Å². The van der Waals surface area contributed by atoms with Crippen LogP contribution in [0.1, 0.15) is 32.8 Å². The summed E-state index contributed by atoms with van der Waals surface area (Å²) in [6, 6.07) is 18.7. The Hall–Kier alpha value is -3.92. The number of ether oxygens (including phenoxy) is 1. The van der Waals surface area contributed by atoms with Crippen LogP contribution in [0.3, 0.4) is 0 Å². The second-order valence-corrected chi connectivity index (χ2v) is 11.0. The van der Waals surface area contributed by atoms with Gasteiger partial charge in [-0.3, -0.25) is 13.9 Å². The summed E-state index contributed by atoms with van der Waals surface area (Å²) < 4.78 is 47.2. The molecule has 3 aromatic carbocycles. The van der Waals surface area contributed by atoms with E-state index in [2.05, 4.69) is 5.32 Å². The molecule has 0 aliphatic carbocycles. The molecule has 3 aromatic rings. The van der Waals surface area contributed by atoms with Crippen molar-refractivity contribution in [3.63, 3.8) is 0 Å². The minimum atomic E-state index is -4.25. The normalized spacial score (nSPS) is 12.7. The predicted molar refractivity (Wildman–Crippen MR) is 148 cm³/mol. The summed E-state index contributed by atoms with van der Waals surface area (Å²) in [7, 11) is -2.72. The van der Waals surface area contributed by atoms with Crippen molar-refractivity contribution < 1.29 is 27.1 Å². The highest BCUT2D eigenvalue weighted by atomic mass is 32.2. The zero-order valence-electron chi connectivity index (χ0n) is 22.5. The molecule has 3 rings (SSSR count). The van der Waals surface area contributed by atoms with Gasteiger partial charge in [-0.05, 0) is 74.4 Å². The second kappa shape index (κ2) is 13.2. The molecular weight excluding hydrogens is 521 g/mol. The fraction of sp³-hybridized carbons (Fsp3) is 0.310. The monoisotopic (exact) mass is 555 g/mol. The largest absolute Gasteiger partial charge is 0.497 e. The van der Waals surface area contributed by atoms with Crippen molar-refractivity contribution in [2.24, 2.45) is 0 Å². The molecule has 0 unspecified atom stereocenters. The highest BCUT2D eigenvalue weighted by Gasteiger charge is 2.32. The SMILES string of the molecule is CC[C@@H](C)NC(=O)[C@H](C)N(Cc1cccc(OC)c1)C(=O)CN(c1ccccc1)S(=O)(=O)c1ccc(F)cc1. The first-order chi connectivity index (χ1) is 18.6. The summed E-state index contributed by atoms with van der Waals surface area (Å²) in [6.45, 7) is 4.88. The lowest BCUT2D eigenvalue weighted by atomic mass is 10.1. The van der Waals surface area contributed by atoms with Crippen LogP contribution in [0, 0.1) is 5.82 Å². The third-order valence-electron chi connectivity index (χ3n) is 6.38. The van der Waals surface area contributed by atoms with Crippen molar-refractivity contribution in [2.45, 2.75) is 50.7 Å². The molecule has 0 aliphatic heterocycles. The number of rotatable bonds is 12. The molecule has 0 fully saturated rings. The van der Waals surface area contributed by atoms with Gasteiger partial charge in [-0.1, -0.05) is 37.3 Å². The van der Waals surface area contributed by atoms with Crippen molar-refractivity contribution in [2.75, 3.05) is 18.0 Å². The fourth-order valence-electron chi connectivity index (χ4n) is 3.87. The van der Waals surface area contributed by atoms with E-state index in [0.29, 0.717) is 17.7 Å². The fourth-order valence-corrected chi connectivity index (χ4v) is 5.29. The van der Waals surface area contributed by atoms with Crippen LogP contribution in [0.25, 0.3) is 0 Å². The summed E-state index contributed by atoms with van der Waals surface area (Å²) in [4.78, 5) is 28.1. The van der Waals surface area contributed by atoms with Crippen LogP contribution in [0.4, 0.5) is 10.1 Å². The standard InChI is InChI=1S/C29H34FN3O5S/c1-5-21(2)31-29(35)22(3)32(19-23-10-9-13-26(18-23)38-4)28(34)20-33(25-11-7-6-8-12-25)39(36,37)27-16-14-24(30)15-17-27/h6-18,21-22H,5,19-20H2,1-4H3,(H,31,35)/t21-,22+/m1/s1. The van der Waals surface area contributed by atoms with Crippen LogP contribution in [0.2, 0.25) is 0 Å². The number of hydrogen-bond acceptors (Lipinski definition) is 5. The van der Waals surface area contributed by atoms with Crippen LogP contribution < -0.4 is 14.4 Å². The van der Waals surface area contributed by atoms with Crippen molar-refractivity contribution in [1.82, 2.24) is 10.2 Å². The number of methoxy groups -OCH3 is 1. The van der Waals surface area contributed by atoms with Gasteiger partial charge in [-0.25, -0.2) is 12.8 Å². The Morgan fingerprint density at radius 1 is 0.974 bits per heavy atom. The lowest BCUT2D eigenvalue weighted by molar-refractivity contribution is -0.139. The Kier molecular flexibility index (Phi) is 10.1. The molecule has 0 spiro atoms. The average molecular weight is 556 g/mol. The van der Waals surface area contributed by atoms with Gasteiger partial charge in [0.25, 0.3) is 10.0 Å². The Labute approximate surface area is 229 Å². The molecule has 39 heavy (non-hydrogen) atoms. The van der Waals surface area contributed by atoms with Crippen LogP contribution in [0.15, 0.2) is 83.8 Å². The average Bonchev–Trinajstić information content (AvgIpc) is 2.94. The molecule has 0 radical (unpaired) electrons. The Morgan fingerprint density at radius 2 is 1.64 bits per heavy atom. The number of hydrogen-bond donors (Lipinski definition) is 1. The first-order valence-electron chi connectivity index (χ1n) is 12.6. The number of sulfonamides is 1. The summed E-state index contributed by atoms with van der Waals surface area (Å²) in [5.41, 5.74) is 0.965. The van der Waals surface area contributed by atoms with Gasteiger partial charge in [-0.2, -0.15) is 0 Å². The number of halogens is 1. The number of nitrogens with zero attached hydrogens (tertiary/aromatic N) is 2. The van der Waals surface area contributed by atoms with Gasteiger partial charge in [-0.15, -0.1) is 0 Å². The smallest absolute Gasteiger partial charge is 0.264 e. The minimum absolute atomic E-state index is 0.0460. The van der Waals surface area contributed by atoms with Gasteiger partial charge in [0.2, 0.25) is 11.8 Å². The summed E-state index contributed by atoms with van der Waals surface area (Å²) in [5, 5.41) is 2.89. The van der Waals surface area contributed by atoms with Crippen LogP contribution >= 0.6 is 0 Å². The highest BCUT2D eigenvalue weighted by molar-refractivity contribution is 7.92. The van der Waals surface area contributed by atoms with Crippen LogP contribution in [-0.4, -0.2) is 50.9 Å².